The second-order valence-corrected chi connectivity index (χ2v) is 23.2. The molecule has 35 heteroatoms. The third-order valence-electron chi connectivity index (χ3n) is 15.0. The van der Waals surface area contributed by atoms with E-state index >= 15 is 0 Å². The van der Waals surface area contributed by atoms with Crippen molar-refractivity contribution in [3.8, 4) is 0 Å². The maximum Gasteiger partial charge on any atom is 0.303 e. The number of unbranched alkanes of at least 4 members (excludes halogenated alkanes) is 12. The van der Waals surface area contributed by atoms with Gasteiger partial charge < -0.3 is 102 Å². The first-order valence-electron chi connectivity index (χ1n) is 32.1. The Bertz CT molecular complexity index is 2570. The minimum absolute atomic E-state index is 0.00605. The number of carboxylic acid groups (broad SMARTS) is 1. The largest absolute Gasteiger partial charge is 0.481 e. The highest BCUT2D eigenvalue weighted by Crippen LogP contribution is 2.15. The van der Waals surface area contributed by atoms with Crippen LogP contribution in [0.15, 0.2) is 27.7 Å². The molecule has 11 atom stereocenters. The minimum atomic E-state index is -1.93. The van der Waals surface area contributed by atoms with Crippen molar-refractivity contribution >= 4 is 76.8 Å². The zero-order chi connectivity index (χ0) is 70.5. The van der Waals surface area contributed by atoms with Crippen molar-refractivity contribution in [3.05, 3.63) is 23.1 Å². The number of carbonyl (C=O) groups excluding carboxylic acids is 10. The van der Waals surface area contributed by atoms with Crippen molar-refractivity contribution in [3.63, 3.8) is 0 Å². The van der Waals surface area contributed by atoms with Crippen molar-refractivity contribution in [1.82, 2.24) is 57.8 Å². The Hall–Kier alpha value is -8.44. The van der Waals surface area contributed by atoms with Crippen LogP contribution in [0.25, 0.3) is 0 Å². The lowest BCUT2D eigenvalue weighted by Gasteiger charge is -2.28. The number of rotatable bonds is 54. The van der Waals surface area contributed by atoms with Gasteiger partial charge in [-0.3, -0.25) is 62.7 Å². The van der Waals surface area contributed by atoms with Crippen molar-refractivity contribution in [2.45, 2.75) is 242 Å². The molecule has 0 fully saturated rings. The Morgan fingerprint density at radius 3 is 1.46 bits per heavy atom. The number of primary amides is 2. The van der Waals surface area contributed by atoms with Crippen LogP contribution in [-0.4, -0.2) is 207 Å². The summed E-state index contributed by atoms with van der Waals surface area (Å²) in [5, 5.41) is 65.4. The molecule has 0 spiro atoms. The molecular weight excluding hydrogens is 1230 g/mol. The summed E-state index contributed by atoms with van der Waals surface area (Å²) in [4.78, 5) is 173. The Morgan fingerprint density at radius 2 is 1.00 bits per heavy atom. The van der Waals surface area contributed by atoms with Gasteiger partial charge in [-0.05, 0) is 65.7 Å². The molecule has 11 unspecified atom stereocenters. The van der Waals surface area contributed by atoms with E-state index in [1.807, 2.05) is 0 Å². The number of hydrogen-bond donors (Lipinski definition) is 19. The van der Waals surface area contributed by atoms with Crippen LogP contribution in [0.2, 0.25) is 0 Å². The fraction of sp³-hybridized carbons (Fsp3) is 0.729. The van der Waals surface area contributed by atoms with Gasteiger partial charge in [-0.2, -0.15) is 4.91 Å². The average molecular weight is 1340 g/mol. The number of aromatic amines is 1. The third kappa shape index (κ3) is 36.7. The molecule has 0 saturated heterocycles. The zero-order valence-corrected chi connectivity index (χ0v) is 54.7. The van der Waals surface area contributed by atoms with Gasteiger partial charge in [0.15, 0.2) is 5.96 Å². The van der Waals surface area contributed by atoms with Gasteiger partial charge in [0.05, 0.1) is 43.6 Å². The van der Waals surface area contributed by atoms with E-state index in [4.69, 9.17) is 33.8 Å². The number of aliphatic hydroxyl groups excluding tert-OH is 3. The summed E-state index contributed by atoms with van der Waals surface area (Å²) < 4.78 is 0. The molecule has 35 nitrogen and oxygen atoms in total. The van der Waals surface area contributed by atoms with Crippen molar-refractivity contribution < 1.29 is 73.2 Å². The molecule has 0 aromatic carbocycles. The molecule has 0 aliphatic heterocycles. The summed E-state index contributed by atoms with van der Waals surface area (Å²) in [5.74, 6) is -11.2. The Labute approximate surface area is 547 Å². The van der Waals surface area contributed by atoms with E-state index in [0.29, 0.717) is 12.1 Å². The Kier molecular flexibility index (Phi) is 42.9. The van der Waals surface area contributed by atoms with Gasteiger partial charge in [-0.15, -0.1) is 0 Å². The van der Waals surface area contributed by atoms with E-state index in [1.165, 1.54) is 77.7 Å². The zero-order valence-electron chi connectivity index (χ0n) is 54.7. The fourth-order valence-corrected chi connectivity index (χ4v) is 9.52. The average Bonchev–Trinajstić information content (AvgIpc) is 1.59. The molecule has 0 bridgehead atoms. The van der Waals surface area contributed by atoms with E-state index in [0.717, 1.165) is 32.6 Å². The first kappa shape index (κ1) is 83.6. The number of nitrogens with two attached hydrogens (primary N) is 5. The molecule has 94 heavy (non-hydrogen) atoms. The van der Waals surface area contributed by atoms with Crippen LogP contribution in [-0.2, 0) is 59.2 Å². The number of aliphatic carboxylic acids is 1. The summed E-state index contributed by atoms with van der Waals surface area (Å²) in [6.07, 6.45) is 13.6. The molecule has 0 aliphatic carbocycles. The van der Waals surface area contributed by atoms with Gasteiger partial charge in [0.1, 0.15) is 48.3 Å². The van der Waals surface area contributed by atoms with E-state index in [1.54, 1.807) is 0 Å². The lowest BCUT2D eigenvalue weighted by atomic mass is 10.0. The molecule has 10 amide bonds. The van der Waals surface area contributed by atoms with E-state index in [-0.39, 0.29) is 76.4 Å². The SMILES string of the molecule is CCCCCCCCCCCCCCCC(=O)NC(Cc1cnc[nH]1)C(=O)NC(CCCN=C(N)N)C(=O)NC(CCC(N)=O)C(=O)NC(C(=O)NC(CCCN=C(C)N)C(=O)NC(CO)C(=O)NC(CO)C(=O)NC(CNC(CCC(=O)O)C(N)=O)C(C)N=O)C(C)O. The summed E-state index contributed by atoms with van der Waals surface area (Å²) in [7, 11) is 0. The highest BCUT2D eigenvalue weighted by Gasteiger charge is 2.36. The predicted molar refractivity (Wildman–Crippen MR) is 347 cm³/mol. The summed E-state index contributed by atoms with van der Waals surface area (Å²) in [5.41, 5.74) is 28.1. The number of aromatic nitrogens is 2. The van der Waals surface area contributed by atoms with Crippen molar-refractivity contribution in [1.29, 1.82) is 0 Å². The number of amidine groups is 1. The molecule has 532 valence electrons. The van der Waals surface area contributed by atoms with Gasteiger partial charge in [-0.25, -0.2) is 4.98 Å². The van der Waals surface area contributed by atoms with Gasteiger partial charge in [0.25, 0.3) is 0 Å². The van der Waals surface area contributed by atoms with Crippen LogP contribution in [0.4, 0.5) is 0 Å². The first-order chi connectivity index (χ1) is 44.7. The number of carboxylic acids is 1. The summed E-state index contributed by atoms with van der Waals surface area (Å²) >= 11 is 0. The van der Waals surface area contributed by atoms with Gasteiger partial charge >= 0.3 is 5.97 Å². The summed E-state index contributed by atoms with van der Waals surface area (Å²) in [6.45, 7) is 3.49. The molecule has 1 heterocycles. The number of imidazole rings is 1. The van der Waals surface area contributed by atoms with Crippen molar-refractivity contribution in [2.75, 3.05) is 32.8 Å². The number of aliphatic hydroxyl groups is 3. The van der Waals surface area contributed by atoms with Crippen LogP contribution in [0.1, 0.15) is 175 Å². The van der Waals surface area contributed by atoms with E-state index in [2.05, 4.69) is 79.9 Å². The Balaban J connectivity index is 3.40. The quantitative estimate of drug-likeness (QED) is 0.0131. The van der Waals surface area contributed by atoms with Crippen LogP contribution >= 0.6 is 0 Å². The number of guanidine groups is 1. The maximum atomic E-state index is 14.3. The number of nitrogens with one attached hydrogen (secondary N) is 10. The second kappa shape index (κ2) is 48.3. The van der Waals surface area contributed by atoms with Crippen LogP contribution in [0.5, 0.6) is 0 Å². The van der Waals surface area contributed by atoms with Crippen LogP contribution in [0.3, 0.4) is 0 Å². The lowest BCUT2D eigenvalue weighted by molar-refractivity contribution is -0.137. The normalized spacial score (nSPS) is 14.9. The number of H-pyrrole nitrogens is 1. The minimum Gasteiger partial charge on any atom is -0.481 e. The molecule has 0 aliphatic rings. The van der Waals surface area contributed by atoms with Crippen LogP contribution < -0.4 is 76.5 Å². The highest BCUT2D eigenvalue weighted by molar-refractivity contribution is 5.98. The first-order valence-corrected chi connectivity index (χ1v) is 32.1. The molecule has 1 aromatic rings. The highest BCUT2D eigenvalue weighted by atomic mass is 16.4. The number of nitroso groups, excluding NO2 is 1. The van der Waals surface area contributed by atoms with Gasteiger partial charge in [-0.1, -0.05) is 89.2 Å². The number of nitrogens with zero attached hydrogens (tertiary/aromatic N) is 4. The summed E-state index contributed by atoms with van der Waals surface area (Å²) in [6, 6.07) is -15.3. The van der Waals surface area contributed by atoms with Crippen molar-refractivity contribution in [2.24, 2.45) is 43.8 Å². The topological polar surface area (TPSA) is 590 Å². The van der Waals surface area contributed by atoms with E-state index in [9.17, 15) is 73.0 Å². The Morgan fingerprint density at radius 1 is 0.543 bits per heavy atom. The molecule has 1 aromatic heterocycles. The monoisotopic (exact) mass is 1340 g/mol. The fourth-order valence-electron chi connectivity index (χ4n) is 9.52. The molecular formula is C59H105N19O16. The number of amides is 10. The number of aliphatic imine (C=N–C) groups is 2. The maximum absolute atomic E-state index is 14.3. The molecule has 24 N–H and O–H groups in total. The smallest absolute Gasteiger partial charge is 0.303 e. The standard InChI is InChI=1S/C59H105N19O16/c1-5-6-7-8-9-10-11-12-13-14-15-16-17-22-48(83)70-43(29-38-30-65-34-69-38)55(90)71-40(21-19-28-67-59(63)64)52(87)72-42(23-25-47(61)82)54(89)77-50(36(3)81)58(93)73-41(20-18-27-66-37(4)60)53(88)75-46(33-80)57(92)76-45(32-79)56(91)74-44(35(2)78-94)31-68-39(51(62)86)24-26-49(84)85/h30,34-36,39-46,50,68,79-81H,5-29,31-33H2,1-4H3,(H2,60,66)(H2,61,82)(H2,62,86)(H,65,69)(H,70,83)(H,71,90)(H,72,87)(H,73,93)(H,74,91)(H,75,88)(H,76,92)(H,77,89)(H,84,85)(H4,63,64,67). The van der Waals surface area contributed by atoms with Gasteiger partial charge in [0.2, 0.25) is 59.1 Å². The molecule has 0 saturated carbocycles. The van der Waals surface area contributed by atoms with E-state index < -0.39 is 164 Å². The molecule has 1 rings (SSSR count). The van der Waals surface area contributed by atoms with Crippen LogP contribution in [0, 0.1) is 4.91 Å². The number of carbonyl (C=O) groups is 11. The second-order valence-electron chi connectivity index (χ2n) is 23.2. The third-order valence-corrected chi connectivity index (χ3v) is 15.0. The predicted octanol–water partition coefficient (Wildman–Crippen LogP) is -3.38. The lowest BCUT2D eigenvalue weighted by Crippen LogP contribution is -2.62. The number of hydrogen-bond acceptors (Lipinski definition) is 20. The molecule has 0 radical (unpaired) electrons. The van der Waals surface area contributed by atoms with Gasteiger partial charge in [0, 0.05) is 57.2 Å².